The molecular weight excluding hydrogens is 172 g/mol. The van der Waals surface area contributed by atoms with Gasteiger partial charge in [0.1, 0.15) is 4.83 Å². The molecule has 0 aliphatic carbocycles. The topological polar surface area (TPSA) is 37.8 Å². The van der Waals surface area contributed by atoms with Crippen LogP contribution in [0.25, 0.3) is 10.3 Å². The summed E-state index contributed by atoms with van der Waals surface area (Å²) in [6.07, 6.45) is 0. The van der Waals surface area contributed by atoms with Crippen LogP contribution in [0.2, 0.25) is 0 Å². The van der Waals surface area contributed by atoms with Gasteiger partial charge in [0.2, 0.25) is 0 Å². The molecule has 2 aromatic heterocycles. The van der Waals surface area contributed by atoms with Crippen molar-refractivity contribution in [3.8, 4) is 0 Å². The summed E-state index contributed by atoms with van der Waals surface area (Å²) < 4.78 is 1.77. The van der Waals surface area contributed by atoms with E-state index in [0.717, 1.165) is 10.3 Å². The third-order valence-corrected chi connectivity index (χ3v) is 2.68. The second kappa shape index (κ2) is 2.48. The summed E-state index contributed by atoms with van der Waals surface area (Å²) in [4.78, 5) is 15.1. The molecule has 0 aliphatic rings. The maximum Gasteiger partial charge on any atom is 0.327 e. The predicted molar refractivity (Wildman–Crippen MR) is 50.8 cm³/mol. The molecule has 0 saturated heterocycles. The highest BCUT2D eigenvalue weighted by Crippen LogP contribution is 2.19. The van der Waals surface area contributed by atoms with Gasteiger partial charge in [-0.3, -0.25) is 9.55 Å². The first-order valence-corrected chi connectivity index (χ1v) is 4.76. The van der Waals surface area contributed by atoms with Crippen LogP contribution in [0.15, 0.2) is 16.2 Å². The molecule has 1 N–H and O–H groups in total. The van der Waals surface area contributed by atoms with Crippen LogP contribution in [0.4, 0.5) is 0 Å². The number of hydrogen-bond acceptors (Lipinski definition) is 2. The van der Waals surface area contributed by atoms with E-state index >= 15 is 0 Å². The zero-order chi connectivity index (χ0) is 8.72. The summed E-state index contributed by atoms with van der Waals surface area (Å²) in [5.41, 5.74) is 1.01. The molecule has 0 atom stereocenters. The minimum atomic E-state index is -0.00755. The molecule has 0 fully saturated rings. The van der Waals surface area contributed by atoms with E-state index in [1.807, 2.05) is 25.3 Å². The Balaban J connectivity index is 2.85. The van der Waals surface area contributed by atoms with Gasteiger partial charge in [-0.1, -0.05) is 0 Å². The van der Waals surface area contributed by atoms with Crippen molar-refractivity contribution in [3.05, 3.63) is 21.9 Å². The van der Waals surface area contributed by atoms with Gasteiger partial charge >= 0.3 is 5.69 Å². The molecule has 0 aliphatic heterocycles. The number of aromatic nitrogens is 2. The van der Waals surface area contributed by atoms with Crippen LogP contribution in [-0.2, 0) is 0 Å². The summed E-state index contributed by atoms with van der Waals surface area (Å²) >= 11 is 1.56. The smallest absolute Gasteiger partial charge is 0.297 e. The Kier molecular flexibility index (Phi) is 1.58. The molecule has 2 heterocycles. The number of nitrogens with zero attached hydrogens (tertiary/aromatic N) is 1. The SMILES string of the molecule is CC(C)n1c(=O)[nH]c2sccc21. The van der Waals surface area contributed by atoms with Gasteiger partial charge in [0.05, 0.1) is 5.52 Å². The van der Waals surface area contributed by atoms with Gasteiger partial charge in [-0.05, 0) is 25.3 Å². The Morgan fingerprint density at radius 2 is 2.33 bits per heavy atom. The maximum atomic E-state index is 11.4. The monoisotopic (exact) mass is 182 g/mol. The summed E-state index contributed by atoms with van der Waals surface area (Å²) in [5, 5.41) is 1.99. The molecular formula is C8H10N2OS. The second-order valence-corrected chi connectivity index (χ2v) is 3.94. The van der Waals surface area contributed by atoms with Crippen molar-refractivity contribution in [3.63, 3.8) is 0 Å². The normalized spacial score (nSPS) is 11.6. The molecule has 3 nitrogen and oxygen atoms in total. The van der Waals surface area contributed by atoms with Gasteiger partial charge in [0.15, 0.2) is 0 Å². The van der Waals surface area contributed by atoms with Gasteiger partial charge in [0, 0.05) is 6.04 Å². The van der Waals surface area contributed by atoms with E-state index in [4.69, 9.17) is 0 Å². The minimum Gasteiger partial charge on any atom is -0.297 e. The molecule has 12 heavy (non-hydrogen) atoms. The summed E-state index contributed by atoms with van der Waals surface area (Å²) in [7, 11) is 0. The first kappa shape index (κ1) is 7.61. The predicted octanol–water partition coefficient (Wildman–Crippen LogP) is 1.97. The number of H-pyrrole nitrogens is 1. The Morgan fingerprint density at radius 3 is 3.00 bits per heavy atom. The Morgan fingerprint density at radius 1 is 1.58 bits per heavy atom. The van der Waals surface area contributed by atoms with E-state index in [-0.39, 0.29) is 11.7 Å². The van der Waals surface area contributed by atoms with Crippen molar-refractivity contribution in [2.75, 3.05) is 0 Å². The van der Waals surface area contributed by atoms with Crippen molar-refractivity contribution in [1.29, 1.82) is 0 Å². The highest BCUT2D eigenvalue weighted by Gasteiger charge is 2.09. The highest BCUT2D eigenvalue weighted by molar-refractivity contribution is 7.16. The number of rotatable bonds is 1. The lowest BCUT2D eigenvalue weighted by molar-refractivity contribution is 0.598. The maximum absolute atomic E-state index is 11.4. The third kappa shape index (κ3) is 0.914. The summed E-state index contributed by atoms with van der Waals surface area (Å²) in [5.74, 6) is 0. The van der Waals surface area contributed by atoms with Gasteiger partial charge in [-0.2, -0.15) is 0 Å². The average molecular weight is 182 g/mol. The van der Waals surface area contributed by atoms with Gasteiger partial charge in [-0.25, -0.2) is 4.79 Å². The fraction of sp³-hybridized carbons (Fsp3) is 0.375. The Hall–Kier alpha value is -1.03. The lowest BCUT2D eigenvalue weighted by atomic mass is 10.4. The molecule has 2 rings (SSSR count). The molecule has 0 bridgehead atoms. The molecule has 0 spiro atoms. The number of nitrogens with one attached hydrogen (secondary N) is 1. The lowest BCUT2D eigenvalue weighted by Gasteiger charge is -2.04. The van der Waals surface area contributed by atoms with Crippen molar-refractivity contribution in [2.24, 2.45) is 0 Å². The quantitative estimate of drug-likeness (QED) is 0.719. The standard InChI is InChI=1S/C8H10N2OS/c1-5(2)10-6-3-4-12-7(6)9-8(10)11/h3-5H,1-2H3,(H,9,11). The van der Waals surface area contributed by atoms with Gasteiger partial charge < -0.3 is 0 Å². The van der Waals surface area contributed by atoms with Crippen LogP contribution in [0.5, 0.6) is 0 Å². The Labute approximate surface area is 73.6 Å². The van der Waals surface area contributed by atoms with Crippen LogP contribution in [-0.4, -0.2) is 9.55 Å². The summed E-state index contributed by atoms with van der Waals surface area (Å²) in [6, 6.07) is 2.19. The second-order valence-electron chi connectivity index (χ2n) is 3.03. The first-order valence-electron chi connectivity index (χ1n) is 3.88. The number of thiophene rings is 1. The number of hydrogen-bond donors (Lipinski definition) is 1. The van der Waals surface area contributed by atoms with E-state index in [1.54, 1.807) is 15.9 Å². The molecule has 0 aromatic carbocycles. The van der Waals surface area contributed by atoms with Crippen LogP contribution in [0, 0.1) is 0 Å². The summed E-state index contributed by atoms with van der Waals surface area (Å²) in [6.45, 7) is 4.01. The zero-order valence-electron chi connectivity index (χ0n) is 7.00. The number of aromatic amines is 1. The minimum absolute atomic E-state index is 0.00755. The zero-order valence-corrected chi connectivity index (χ0v) is 7.81. The molecule has 0 amide bonds. The van der Waals surface area contributed by atoms with Crippen LogP contribution >= 0.6 is 11.3 Å². The van der Waals surface area contributed by atoms with E-state index in [1.165, 1.54) is 0 Å². The van der Waals surface area contributed by atoms with E-state index < -0.39 is 0 Å². The number of fused-ring (bicyclic) bond motifs is 1. The van der Waals surface area contributed by atoms with Crippen molar-refractivity contribution in [1.82, 2.24) is 9.55 Å². The molecule has 64 valence electrons. The lowest BCUT2D eigenvalue weighted by Crippen LogP contribution is -2.18. The fourth-order valence-electron chi connectivity index (χ4n) is 1.37. The number of imidazole rings is 1. The molecule has 0 unspecified atom stereocenters. The van der Waals surface area contributed by atoms with Crippen molar-refractivity contribution >= 4 is 21.7 Å². The van der Waals surface area contributed by atoms with E-state index in [2.05, 4.69) is 4.98 Å². The van der Waals surface area contributed by atoms with E-state index in [0.29, 0.717) is 0 Å². The van der Waals surface area contributed by atoms with Crippen molar-refractivity contribution < 1.29 is 0 Å². The average Bonchev–Trinajstić information content (AvgIpc) is 2.44. The molecule has 0 radical (unpaired) electrons. The van der Waals surface area contributed by atoms with Crippen LogP contribution in [0.1, 0.15) is 19.9 Å². The van der Waals surface area contributed by atoms with Crippen LogP contribution < -0.4 is 5.69 Å². The largest absolute Gasteiger partial charge is 0.327 e. The van der Waals surface area contributed by atoms with Gasteiger partial charge in [0.25, 0.3) is 0 Å². The third-order valence-electron chi connectivity index (χ3n) is 1.86. The first-order chi connectivity index (χ1) is 5.70. The molecule has 4 heteroatoms. The van der Waals surface area contributed by atoms with Crippen molar-refractivity contribution in [2.45, 2.75) is 19.9 Å². The fourth-order valence-corrected chi connectivity index (χ4v) is 2.13. The van der Waals surface area contributed by atoms with Crippen LogP contribution in [0.3, 0.4) is 0 Å². The van der Waals surface area contributed by atoms with Gasteiger partial charge in [-0.15, -0.1) is 11.3 Å². The molecule has 2 aromatic rings. The van der Waals surface area contributed by atoms with E-state index in [9.17, 15) is 4.79 Å². The molecule has 0 saturated carbocycles. The highest BCUT2D eigenvalue weighted by atomic mass is 32.1. The Bertz CT molecular complexity index is 449.